The fourth-order valence-corrected chi connectivity index (χ4v) is 3.64. The van der Waals surface area contributed by atoms with E-state index in [4.69, 9.17) is 21.1 Å². The Morgan fingerprint density at radius 1 is 1.19 bits per heavy atom. The number of hydrogen-bond acceptors (Lipinski definition) is 5. The van der Waals surface area contributed by atoms with Crippen LogP contribution in [0.5, 0.6) is 11.5 Å². The number of rotatable bonds is 6. The molecule has 1 heterocycles. The van der Waals surface area contributed by atoms with Crippen molar-refractivity contribution in [3.8, 4) is 11.5 Å². The summed E-state index contributed by atoms with van der Waals surface area (Å²) < 4.78 is 10.6. The number of nitrogens with zero attached hydrogens (tertiary/aromatic N) is 1. The molecule has 0 spiro atoms. The highest BCUT2D eigenvalue weighted by atomic mass is 35.5. The van der Waals surface area contributed by atoms with Crippen LogP contribution in [-0.4, -0.2) is 36.3 Å². The van der Waals surface area contributed by atoms with Crippen LogP contribution in [-0.2, 0) is 9.59 Å². The van der Waals surface area contributed by atoms with Crippen LogP contribution in [0.15, 0.2) is 48.5 Å². The van der Waals surface area contributed by atoms with E-state index in [0.717, 1.165) is 11.3 Å². The number of carbonyl (C=O) groups excluding carboxylic acids is 2. The standard InChI is InChI=1S/C18H17ClN2O4S/c1-24-14-6-2-12(3-7-14)18-21(17(23)11-26-18)20-16(22)10-25-15-8-4-13(19)5-9-15/h2-9,18H,10-11H2,1H3,(H,20,22). The quantitative estimate of drug-likeness (QED) is 0.818. The normalized spacial score (nSPS) is 16.5. The molecule has 1 unspecified atom stereocenters. The lowest BCUT2D eigenvalue weighted by Gasteiger charge is -2.24. The predicted octanol–water partition coefficient (Wildman–Crippen LogP) is 3.03. The Labute approximate surface area is 160 Å². The third-order valence-corrected chi connectivity index (χ3v) is 5.16. The number of amides is 2. The summed E-state index contributed by atoms with van der Waals surface area (Å²) in [5, 5.41) is 1.65. The highest BCUT2D eigenvalue weighted by Gasteiger charge is 2.34. The van der Waals surface area contributed by atoms with Gasteiger partial charge in [-0.25, -0.2) is 5.01 Å². The van der Waals surface area contributed by atoms with Crippen molar-refractivity contribution >= 4 is 35.2 Å². The van der Waals surface area contributed by atoms with Gasteiger partial charge in [0.05, 0.1) is 12.9 Å². The Balaban J connectivity index is 1.61. The zero-order chi connectivity index (χ0) is 18.5. The molecule has 1 aliphatic rings. The number of hydrogen-bond donors (Lipinski definition) is 1. The first-order valence-corrected chi connectivity index (χ1v) is 9.25. The number of methoxy groups -OCH3 is 1. The Bertz CT molecular complexity index is 783. The molecule has 0 bridgehead atoms. The molecule has 2 aromatic rings. The summed E-state index contributed by atoms with van der Waals surface area (Å²) in [4.78, 5) is 24.3. The van der Waals surface area contributed by atoms with E-state index in [1.165, 1.54) is 16.8 Å². The lowest BCUT2D eigenvalue weighted by atomic mass is 10.2. The molecule has 6 nitrogen and oxygen atoms in total. The van der Waals surface area contributed by atoms with Gasteiger partial charge in [0, 0.05) is 5.02 Å². The lowest BCUT2D eigenvalue weighted by molar-refractivity contribution is -0.140. The van der Waals surface area contributed by atoms with Gasteiger partial charge in [-0.15, -0.1) is 11.8 Å². The van der Waals surface area contributed by atoms with E-state index in [0.29, 0.717) is 16.5 Å². The first kappa shape index (κ1) is 18.4. The Hall–Kier alpha value is -2.38. The summed E-state index contributed by atoms with van der Waals surface area (Å²) in [6.45, 7) is -0.203. The maximum atomic E-state index is 12.2. The molecule has 3 rings (SSSR count). The molecular formula is C18H17ClN2O4S. The van der Waals surface area contributed by atoms with Gasteiger partial charge >= 0.3 is 0 Å². The largest absolute Gasteiger partial charge is 0.497 e. The molecule has 8 heteroatoms. The smallest absolute Gasteiger partial charge is 0.276 e. The van der Waals surface area contributed by atoms with E-state index in [1.807, 2.05) is 24.3 Å². The van der Waals surface area contributed by atoms with Gasteiger partial charge in [0.15, 0.2) is 6.61 Å². The van der Waals surface area contributed by atoms with Crippen LogP contribution in [0.3, 0.4) is 0 Å². The first-order chi connectivity index (χ1) is 12.6. The third kappa shape index (κ3) is 4.42. The van der Waals surface area contributed by atoms with Crippen molar-refractivity contribution in [1.29, 1.82) is 0 Å². The van der Waals surface area contributed by atoms with Gasteiger partial charge in [-0.3, -0.25) is 15.0 Å². The number of ether oxygens (including phenoxy) is 2. The number of benzene rings is 2. The molecule has 1 saturated heterocycles. The monoisotopic (exact) mass is 392 g/mol. The van der Waals surface area contributed by atoms with Gasteiger partial charge < -0.3 is 9.47 Å². The van der Waals surface area contributed by atoms with Gasteiger partial charge in [-0.2, -0.15) is 0 Å². The zero-order valence-electron chi connectivity index (χ0n) is 14.0. The fraction of sp³-hybridized carbons (Fsp3) is 0.222. The Morgan fingerprint density at radius 2 is 1.85 bits per heavy atom. The molecule has 1 aliphatic heterocycles. The highest BCUT2D eigenvalue weighted by molar-refractivity contribution is 8.00. The van der Waals surface area contributed by atoms with Gasteiger partial charge in [-0.05, 0) is 42.0 Å². The average molecular weight is 393 g/mol. The summed E-state index contributed by atoms with van der Waals surface area (Å²) in [5.74, 6) is 0.994. The van der Waals surface area contributed by atoms with E-state index in [-0.39, 0.29) is 17.9 Å². The van der Waals surface area contributed by atoms with Crippen molar-refractivity contribution in [1.82, 2.24) is 10.4 Å². The van der Waals surface area contributed by atoms with Crippen LogP contribution in [0.1, 0.15) is 10.9 Å². The van der Waals surface area contributed by atoms with Gasteiger partial charge in [0.25, 0.3) is 11.8 Å². The number of nitrogens with one attached hydrogen (secondary N) is 1. The Morgan fingerprint density at radius 3 is 2.50 bits per heavy atom. The van der Waals surface area contributed by atoms with Crippen molar-refractivity contribution in [3.05, 3.63) is 59.1 Å². The number of carbonyl (C=O) groups is 2. The molecular weight excluding hydrogens is 376 g/mol. The zero-order valence-corrected chi connectivity index (χ0v) is 15.5. The summed E-state index contributed by atoms with van der Waals surface area (Å²) in [5.41, 5.74) is 3.53. The molecule has 1 N–H and O–H groups in total. The lowest BCUT2D eigenvalue weighted by Crippen LogP contribution is -2.46. The molecule has 1 atom stereocenters. The molecule has 2 aromatic carbocycles. The van der Waals surface area contributed by atoms with Gasteiger partial charge in [0.1, 0.15) is 16.9 Å². The molecule has 1 fully saturated rings. The van der Waals surface area contributed by atoms with Crippen LogP contribution in [0, 0.1) is 0 Å². The van der Waals surface area contributed by atoms with Crippen molar-refractivity contribution < 1.29 is 19.1 Å². The summed E-state index contributed by atoms with van der Waals surface area (Å²) in [7, 11) is 1.59. The molecule has 0 aliphatic carbocycles. The van der Waals surface area contributed by atoms with Gasteiger partial charge in [0.2, 0.25) is 0 Å². The third-order valence-electron chi connectivity index (χ3n) is 3.70. The second kappa shape index (κ2) is 8.33. The molecule has 2 amide bonds. The van der Waals surface area contributed by atoms with E-state index < -0.39 is 5.91 Å². The summed E-state index contributed by atoms with van der Waals surface area (Å²) >= 11 is 7.26. The van der Waals surface area contributed by atoms with Crippen molar-refractivity contribution in [2.24, 2.45) is 0 Å². The maximum absolute atomic E-state index is 12.2. The van der Waals surface area contributed by atoms with E-state index in [1.54, 1.807) is 31.4 Å². The molecule has 136 valence electrons. The second-order valence-corrected chi connectivity index (χ2v) is 6.98. The van der Waals surface area contributed by atoms with Crippen LogP contribution in [0.4, 0.5) is 0 Å². The molecule has 0 aromatic heterocycles. The minimum Gasteiger partial charge on any atom is -0.497 e. The van der Waals surface area contributed by atoms with Crippen LogP contribution in [0.2, 0.25) is 5.02 Å². The Kier molecular flexibility index (Phi) is 5.90. The van der Waals surface area contributed by atoms with Crippen molar-refractivity contribution in [2.45, 2.75) is 5.37 Å². The number of halogens is 1. The average Bonchev–Trinajstić information content (AvgIpc) is 3.02. The van der Waals surface area contributed by atoms with Gasteiger partial charge in [-0.1, -0.05) is 23.7 Å². The number of hydrazine groups is 1. The van der Waals surface area contributed by atoms with Crippen molar-refractivity contribution in [3.63, 3.8) is 0 Å². The van der Waals surface area contributed by atoms with Crippen molar-refractivity contribution in [2.75, 3.05) is 19.5 Å². The minimum absolute atomic E-state index is 0.157. The first-order valence-electron chi connectivity index (χ1n) is 7.82. The summed E-state index contributed by atoms with van der Waals surface area (Å²) in [6.07, 6.45) is 0. The molecule has 26 heavy (non-hydrogen) atoms. The van der Waals surface area contributed by atoms with Crippen LogP contribution >= 0.6 is 23.4 Å². The summed E-state index contributed by atoms with van der Waals surface area (Å²) in [6, 6.07) is 14.1. The minimum atomic E-state index is -0.408. The highest BCUT2D eigenvalue weighted by Crippen LogP contribution is 2.37. The van der Waals surface area contributed by atoms with Crippen LogP contribution < -0.4 is 14.9 Å². The van der Waals surface area contributed by atoms with E-state index >= 15 is 0 Å². The SMILES string of the molecule is COc1ccc(C2SCC(=O)N2NC(=O)COc2ccc(Cl)cc2)cc1. The van der Waals surface area contributed by atoms with E-state index in [9.17, 15) is 9.59 Å². The predicted molar refractivity (Wildman–Crippen MR) is 100 cm³/mol. The second-order valence-electron chi connectivity index (χ2n) is 5.48. The maximum Gasteiger partial charge on any atom is 0.276 e. The van der Waals surface area contributed by atoms with Crippen LogP contribution in [0.25, 0.3) is 0 Å². The number of thioether (sulfide) groups is 1. The topological polar surface area (TPSA) is 67.9 Å². The molecule has 0 saturated carbocycles. The van der Waals surface area contributed by atoms with E-state index in [2.05, 4.69) is 5.43 Å². The fourth-order valence-electron chi connectivity index (χ4n) is 2.41. The molecule has 0 radical (unpaired) electrons.